The van der Waals surface area contributed by atoms with Crippen molar-refractivity contribution in [1.29, 1.82) is 0 Å². The fourth-order valence-corrected chi connectivity index (χ4v) is 6.22. The first-order valence-electron chi connectivity index (χ1n) is 43.8. The van der Waals surface area contributed by atoms with Crippen molar-refractivity contribution in [3.05, 3.63) is 122 Å². The van der Waals surface area contributed by atoms with Gasteiger partial charge in [-0.15, -0.1) is 5.10 Å². The third-order valence-electron chi connectivity index (χ3n) is 10.1. The molecule has 0 atom stereocenters. The van der Waals surface area contributed by atoms with Crippen molar-refractivity contribution in [3.8, 4) is 0 Å². The topological polar surface area (TPSA) is 119 Å². The maximum Gasteiger partial charge on any atom is 0.192 e. The van der Waals surface area contributed by atoms with E-state index in [-0.39, 0.29) is 0 Å². The Morgan fingerprint density at radius 2 is 0.673 bits per heavy atom. The predicted octanol–water partition coefficient (Wildman–Crippen LogP) is 33.5. The summed E-state index contributed by atoms with van der Waals surface area (Å²) in [5.41, 5.74) is 18.2. The van der Waals surface area contributed by atoms with Gasteiger partial charge in [0.2, 0.25) is 0 Å². The second-order valence-corrected chi connectivity index (χ2v) is 16.4. The standard InChI is InChI=1S/C7H12.C7H10.2C6H9N.C6H10.C6H8.2C5H7N.C3H7N3.C3H6N2O.20C2H6/c2*1-7-5-3-2-4-6-7;1-6-3-2-4-7-5-6;1-6-4-2-3-5-7-6;2*1-6-4-2-3-5-6;1-5-2-3-6-4-5;1-5-3-2-4-6-5;1-2-5-6-3-4-1;1-2-6-3-5-4-1;20*1-2/h1-6H2;3,5H,1-2,4,6H2;2*5H,1-4H2;1-5H2;2,4H,1,3,5H2;2*4H,1-3H2;3,5H,1-2H2,(H,4,6);3-4H,1-2H2;20*1-2H3. The van der Waals surface area contributed by atoms with E-state index in [0.717, 1.165) is 94.8 Å². The van der Waals surface area contributed by atoms with Crippen molar-refractivity contribution in [1.82, 2.24) is 16.3 Å². The summed E-state index contributed by atoms with van der Waals surface area (Å²) >= 11 is 0. The first-order valence-corrected chi connectivity index (χ1v) is 43.8. The minimum Gasteiger partial charge on any atom is -0.480 e. The highest BCUT2D eigenvalue weighted by Gasteiger charge is 2.02. The van der Waals surface area contributed by atoms with Gasteiger partial charge in [0.25, 0.3) is 0 Å². The Labute approximate surface area is 664 Å². The summed E-state index contributed by atoms with van der Waals surface area (Å²) in [6.45, 7) is 116. The van der Waals surface area contributed by atoms with Crippen LogP contribution in [0.15, 0.2) is 152 Å². The SMILES string of the molecule is C1=NCCNN1.C1=NNCCO1.C=C1C=CCC1.C=C1C=CCCC1.C=C1C=NCC1.C=C1C=NCCC1.C=C1CCC=N1.C=C1CCCC1.C=C1CCCC=N1.C=C1CCCCC1.CC.CC.CC.CC.CC.CC.CC.CC.CC.CC.CC.CC.CC.CC.CC.CC.CC.CC.CC.CC. The lowest BCUT2D eigenvalue weighted by molar-refractivity contribution is 0.293. The Bertz CT molecular complexity index is 1470. The zero-order valence-electron chi connectivity index (χ0n) is 79.8. The van der Waals surface area contributed by atoms with E-state index < -0.39 is 0 Å². The Hall–Kier alpha value is -5.22. The Morgan fingerprint density at radius 1 is 0.308 bits per heavy atom. The first kappa shape index (κ1) is 152. The van der Waals surface area contributed by atoms with Crippen LogP contribution in [-0.2, 0) is 4.74 Å². The molecule has 632 valence electrons. The lowest BCUT2D eigenvalue weighted by Gasteiger charge is -2.10. The van der Waals surface area contributed by atoms with Crippen LogP contribution in [0.4, 0.5) is 0 Å². The summed E-state index contributed by atoms with van der Waals surface area (Å²) in [5, 5.41) is 3.58. The molecule has 0 aromatic heterocycles. The molecule has 4 aliphatic carbocycles. The summed E-state index contributed by atoms with van der Waals surface area (Å²) in [6, 6.07) is 0. The Balaban J connectivity index is -0.0000000398. The highest BCUT2D eigenvalue weighted by Crippen LogP contribution is 2.21. The molecule has 2 fully saturated rings. The number of ether oxygens (including phenoxy) is 1. The zero-order chi connectivity index (χ0) is 86.6. The quantitative estimate of drug-likeness (QED) is 0.209. The molecule has 10 heteroatoms. The number of nitrogens with one attached hydrogen (secondary N) is 3. The molecule has 0 unspecified atom stereocenters. The van der Waals surface area contributed by atoms with Crippen LogP contribution in [0.3, 0.4) is 0 Å². The third-order valence-corrected chi connectivity index (χ3v) is 10.1. The molecule has 0 amide bonds. The molecule has 0 radical (unpaired) electrons. The number of allylic oxidation sites excluding steroid dienone is 11. The molecule has 3 N–H and O–H groups in total. The molecule has 10 aliphatic rings. The Kier molecular flexibility index (Phi) is 300. The van der Waals surface area contributed by atoms with Gasteiger partial charge in [0.1, 0.15) is 6.61 Å². The van der Waals surface area contributed by atoms with Gasteiger partial charge in [-0.05, 0) is 146 Å². The molecular weight excluding hydrogens is 1270 g/mol. The fraction of sp³-hybridized carbons (Fsp3) is 0.723. The van der Waals surface area contributed by atoms with Crippen molar-refractivity contribution < 1.29 is 4.74 Å². The molecule has 6 aliphatic heterocycles. The Morgan fingerprint density at radius 3 is 0.798 bits per heavy atom. The van der Waals surface area contributed by atoms with E-state index in [0.29, 0.717) is 0 Å². The summed E-state index contributed by atoms with van der Waals surface area (Å²) < 4.78 is 4.72. The van der Waals surface area contributed by atoms with Crippen molar-refractivity contribution in [2.75, 3.05) is 39.3 Å². The second kappa shape index (κ2) is 205. The van der Waals surface area contributed by atoms with Gasteiger partial charge in [-0.2, -0.15) is 0 Å². The van der Waals surface area contributed by atoms with Crippen molar-refractivity contribution in [3.63, 3.8) is 0 Å². The molecule has 0 aromatic carbocycles. The molecule has 2 saturated carbocycles. The average Bonchev–Trinajstić information content (AvgIpc) is 1.86. The normalized spacial score (nSPS) is 13.7. The first-order chi connectivity index (χ1) is 51.2. The molecule has 0 aromatic rings. The monoisotopic (exact) mass is 1480 g/mol. The third kappa shape index (κ3) is 199. The smallest absolute Gasteiger partial charge is 0.192 e. The minimum absolute atomic E-state index is 0.740. The lowest BCUT2D eigenvalue weighted by atomic mass is 9.97. The summed E-state index contributed by atoms with van der Waals surface area (Å²) in [5.74, 6) is 0. The predicted molar refractivity (Wildman–Crippen MR) is 511 cm³/mol. The highest BCUT2D eigenvalue weighted by atomic mass is 16.5. The van der Waals surface area contributed by atoms with Crippen molar-refractivity contribution >= 4 is 37.6 Å². The van der Waals surface area contributed by atoms with E-state index in [1.807, 2.05) is 302 Å². The van der Waals surface area contributed by atoms with E-state index in [1.54, 1.807) is 6.34 Å². The van der Waals surface area contributed by atoms with Gasteiger partial charge >= 0.3 is 0 Å². The lowest BCUT2D eigenvalue weighted by Crippen LogP contribution is -2.36. The van der Waals surface area contributed by atoms with Gasteiger partial charge in [0, 0.05) is 55.9 Å². The number of hydrazone groups is 1. The molecule has 0 bridgehead atoms. The molecule has 10 rings (SSSR count). The average molecular weight is 1480 g/mol. The number of rotatable bonds is 0. The maximum atomic E-state index is 4.72. The van der Waals surface area contributed by atoms with Gasteiger partial charge in [0.05, 0.1) is 19.4 Å². The zero-order valence-corrected chi connectivity index (χ0v) is 79.8. The molecular formula is C94H205N9O. The van der Waals surface area contributed by atoms with Gasteiger partial charge in [-0.25, -0.2) is 5.43 Å². The van der Waals surface area contributed by atoms with Gasteiger partial charge in [0.15, 0.2) is 6.40 Å². The largest absolute Gasteiger partial charge is 0.480 e. The van der Waals surface area contributed by atoms with Gasteiger partial charge < -0.3 is 15.6 Å². The maximum absolute atomic E-state index is 4.72. The van der Waals surface area contributed by atoms with Crippen molar-refractivity contribution in [2.45, 2.75) is 418 Å². The number of nitrogens with zero attached hydrogens (tertiary/aromatic N) is 6. The van der Waals surface area contributed by atoms with Gasteiger partial charge in [-0.3, -0.25) is 25.0 Å². The number of hydrogen-bond donors (Lipinski definition) is 3. The summed E-state index contributed by atoms with van der Waals surface area (Å²) in [4.78, 5) is 19.8. The van der Waals surface area contributed by atoms with Crippen LogP contribution in [0.25, 0.3) is 0 Å². The van der Waals surface area contributed by atoms with Crippen LogP contribution in [0, 0.1) is 0 Å². The van der Waals surface area contributed by atoms with Crippen LogP contribution < -0.4 is 16.3 Å². The highest BCUT2D eigenvalue weighted by molar-refractivity contribution is 5.79. The number of hydrogen-bond acceptors (Lipinski definition) is 10. The molecule has 0 saturated heterocycles. The second-order valence-electron chi connectivity index (χ2n) is 16.4. The van der Waals surface area contributed by atoms with Crippen LogP contribution in [-0.4, -0.2) is 76.9 Å². The molecule has 6 heterocycles. The summed E-state index contributed by atoms with van der Waals surface area (Å²) in [6.07, 6.45) is 46.5. The van der Waals surface area contributed by atoms with E-state index in [2.05, 4.69) is 123 Å². The molecule has 104 heavy (non-hydrogen) atoms. The number of hydrazine groups is 1. The van der Waals surface area contributed by atoms with Crippen molar-refractivity contribution in [2.24, 2.45) is 30.1 Å². The van der Waals surface area contributed by atoms with Crippen LogP contribution >= 0.6 is 0 Å². The van der Waals surface area contributed by atoms with Crippen LogP contribution in [0.2, 0.25) is 0 Å². The van der Waals surface area contributed by atoms with Crippen LogP contribution in [0.5, 0.6) is 0 Å². The number of aliphatic imine (C=N–C) groups is 5. The van der Waals surface area contributed by atoms with E-state index in [1.165, 1.54) is 137 Å². The summed E-state index contributed by atoms with van der Waals surface area (Å²) in [7, 11) is 0. The van der Waals surface area contributed by atoms with E-state index in [9.17, 15) is 0 Å². The molecule has 10 nitrogen and oxygen atoms in total. The van der Waals surface area contributed by atoms with Crippen LogP contribution in [0.1, 0.15) is 418 Å². The van der Waals surface area contributed by atoms with E-state index in [4.69, 9.17) is 4.74 Å². The molecule has 0 spiro atoms. The van der Waals surface area contributed by atoms with Gasteiger partial charge in [-0.1, -0.05) is 383 Å². The van der Waals surface area contributed by atoms with E-state index >= 15 is 0 Å². The minimum atomic E-state index is 0.740. The fourth-order valence-electron chi connectivity index (χ4n) is 6.22.